The number of rotatable bonds is 2. The van der Waals surface area contributed by atoms with Crippen LogP contribution in [0.3, 0.4) is 0 Å². The molecular formula is C12Br8F2O. The van der Waals surface area contributed by atoms with E-state index in [1.165, 1.54) is 0 Å². The fourth-order valence-electron chi connectivity index (χ4n) is 1.45. The lowest BCUT2D eigenvalue weighted by atomic mass is 10.3. The molecule has 0 aliphatic rings. The molecule has 1 nitrogen and oxygen atoms in total. The van der Waals surface area contributed by atoms with Gasteiger partial charge in [0.1, 0.15) is 0 Å². The smallest absolute Gasteiger partial charge is 0.182 e. The highest BCUT2D eigenvalue weighted by molar-refractivity contribution is 9.15. The third-order valence-corrected chi connectivity index (χ3v) is 11.3. The molecule has 0 N–H and O–H groups in total. The molecule has 0 fully saturated rings. The molecule has 0 amide bonds. The van der Waals surface area contributed by atoms with E-state index in [2.05, 4.69) is 127 Å². The molecule has 124 valence electrons. The summed E-state index contributed by atoms with van der Waals surface area (Å²) in [7, 11) is 0. The first-order valence-electron chi connectivity index (χ1n) is 5.30. The van der Waals surface area contributed by atoms with Crippen LogP contribution in [0.5, 0.6) is 11.5 Å². The lowest BCUT2D eigenvalue weighted by Gasteiger charge is -2.17. The summed E-state index contributed by atoms with van der Waals surface area (Å²) < 4.78 is 36.8. The van der Waals surface area contributed by atoms with Crippen LogP contribution >= 0.6 is 127 Å². The zero-order valence-corrected chi connectivity index (χ0v) is 22.9. The van der Waals surface area contributed by atoms with Crippen LogP contribution in [-0.4, -0.2) is 0 Å². The molecule has 0 bridgehead atoms. The van der Waals surface area contributed by atoms with Gasteiger partial charge in [0.25, 0.3) is 0 Å². The Balaban J connectivity index is 2.71. The van der Waals surface area contributed by atoms with E-state index in [0.29, 0.717) is 22.4 Å². The van der Waals surface area contributed by atoms with Crippen LogP contribution in [0.15, 0.2) is 35.8 Å². The maximum absolute atomic E-state index is 14.6. The minimum Gasteiger partial charge on any atom is -0.451 e. The number of hydrogen-bond acceptors (Lipinski definition) is 1. The number of benzene rings is 2. The quantitative estimate of drug-likeness (QED) is 0.216. The molecule has 2 aromatic carbocycles. The molecule has 0 spiro atoms. The molecule has 0 radical (unpaired) electrons. The first-order chi connectivity index (χ1) is 10.6. The highest BCUT2D eigenvalue weighted by atomic mass is 79.9. The van der Waals surface area contributed by atoms with Gasteiger partial charge in [-0.2, -0.15) is 0 Å². The van der Waals surface area contributed by atoms with E-state index in [4.69, 9.17) is 4.74 Å². The Labute approximate surface area is 197 Å². The topological polar surface area (TPSA) is 9.23 Å². The normalized spacial score (nSPS) is 11.0. The predicted octanol–water partition coefficient (Wildman–Crippen LogP) is 9.86. The van der Waals surface area contributed by atoms with Crippen LogP contribution in [-0.2, 0) is 0 Å². The van der Waals surface area contributed by atoms with Crippen LogP contribution in [0, 0.1) is 11.6 Å². The molecule has 0 aromatic heterocycles. The van der Waals surface area contributed by atoms with Crippen molar-refractivity contribution >= 4 is 127 Å². The fraction of sp³-hybridized carbons (Fsp3) is 0. The molecule has 0 unspecified atom stereocenters. The standard InChI is InChI=1S/C12Br8F2O/c13-1-2(14)6(18)12(10(22)3(1)15)23-11-7(19)4(16)9(21)5(17)8(11)20. The Kier molecular flexibility index (Phi) is 7.67. The van der Waals surface area contributed by atoms with Gasteiger partial charge in [0.15, 0.2) is 23.1 Å². The molecule has 23 heavy (non-hydrogen) atoms. The van der Waals surface area contributed by atoms with Crippen LogP contribution in [0.25, 0.3) is 0 Å². The Morgan fingerprint density at radius 3 is 1.26 bits per heavy atom. The van der Waals surface area contributed by atoms with E-state index in [1.54, 1.807) is 0 Å². The summed E-state index contributed by atoms with van der Waals surface area (Å²) >= 11 is 25.8. The van der Waals surface area contributed by atoms with Gasteiger partial charge in [-0.3, -0.25) is 0 Å². The van der Waals surface area contributed by atoms with Gasteiger partial charge >= 0.3 is 0 Å². The molecule has 0 aliphatic heterocycles. The highest BCUT2D eigenvalue weighted by Crippen LogP contribution is 2.51. The summed E-state index contributed by atoms with van der Waals surface area (Å²) in [5.41, 5.74) is 0. The Morgan fingerprint density at radius 2 is 0.783 bits per heavy atom. The second-order valence-corrected chi connectivity index (χ2v) is 10.2. The van der Waals surface area contributed by atoms with Gasteiger partial charge in [0.05, 0.1) is 35.8 Å². The number of ether oxygens (including phenoxy) is 1. The fourth-order valence-corrected chi connectivity index (χ4v) is 5.76. The van der Waals surface area contributed by atoms with Gasteiger partial charge in [-0.25, -0.2) is 8.78 Å². The van der Waals surface area contributed by atoms with E-state index in [9.17, 15) is 8.78 Å². The van der Waals surface area contributed by atoms with E-state index < -0.39 is 11.6 Å². The molecule has 0 atom stereocenters. The summed E-state index contributed by atoms with van der Waals surface area (Å²) in [6.07, 6.45) is 0. The van der Waals surface area contributed by atoms with E-state index in [-0.39, 0.29) is 24.9 Å². The van der Waals surface area contributed by atoms with Crippen molar-refractivity contribution in [2.24, 2.45) is 0 Å². The SMILES string of the molecule is Fc1c(Br)c(Br)c(Oc2c(F)c(Br)c(Br)c(Br)c2Br)c(Br)c1Br. The van der Waals surface area contributed by atoms with Gasteiger partial charge in [-0.05, 0) is 127 Å². The molecule has 2 aromatic rings. The minimum absolute atomic E-state index is 0.0706. The molecule has 0 saturated carbocycles. The second-order valence-electron chi connectivity index (χ2n) is 3.90. The number of halogens is 10. The van der Waals surface area contributed by atoms with Gasteiger partial charge in [0.2, 0.25) is 0 Å². The van der Waals surface area contributed by atoms with Crippen molar-refractivity contribution in [1.29, 1.82) is 0 Å². The first kappa shape index (κ1) is 21.2. The van der Waals surface area contributed by atoms with Crippen molar-refractivity contribution in [3.63, 3.8) is 0 Å². The van der Waals surface area contributed by atoms with Gasteiger partial charge in [-0.1, -0.05) is 0 Å². The van der Waals surface area contributed by atoms with Crippen molar-refractivity contribution < 1.29 is 13.5 Å². The minimum atomic E-state index is -0.623. The van der Waals surface area contributed by atoms with Gasteiger partial charge in [-0.15, -0.1) is 0 Å². The van der Waals surface area contributed by atoms with Crippen LogP contribution in [0.4, 0.5) is 8.78 Å². The maximum Gasteiger partial charge on any atom is 0.182 e. The molecule has 0 saturated heterocycles. The summed E-state index contributed by atoms with van der Waals surface area (Å²) in [6, 6.07) is 0. The Bertz CT molecular complexity index is 698. The average molecular weight is 837 g/mol. The van der Waals surface area contributed by atoms with Crippen molar-refractivity contribution in [1.82, 2.24) is 0 Å². The van der Waals surface area contributed by atoms with E-state index in [1.807, 2.05) is 0 Å². The van der Waals surface area contributed by atoms with Crippen molar-refractivity contribution in [3.05, 3.63) is 47.4 Å². The molecular weight excluding hydrogens is 837 g/mol. The highest BCUT2D eigenvalue weighted by Gasteiger charge is 2.26. The van der Waals surface area contributed by atoms with Crippen LogP contribution in [0.1, 0.15) is 0 Å². The monoisotopic (exact) mass is 829 g/mol. The summed E-state index contributed by atoms with van der Waals surface area (Å²) in [5.74, 6) is -1.01. The van der Waals surface area contributed by atoms with Gasteiger partial charge in [0, 0.05) is 0 Å². The Morgan fingerprint density at radius 1 is 0.435 bits per heavy atom. The van der Waals surface area contributed by atoms with Crippen LogP contribution in [0.2, 0.25) is 0 Å². The summed E-state index contributed by atoms with van der Waals surface area (Å²) in [5, 5.41) is 0. The predicted molar refractivity (Wildman–Crippen MR) is 114 cm³/mol. The van der Waals surface area contributed by atoms with E-state index >= 15 is 0 Å². The zero-order chi connectivity index (χ0) is 17.6. The largest absolute Gasteiger partial charge is 0.451 e. The third kappa shape index (κ3) is 3.96. The second kappa shape index (κ2) is 8.31. The lowest BCUT2D eigenvalue weighted by molar-refractivity contribution is 0.429. The first-order valence-corrected chi connectivity index (χ1v) is 11.6. The number of hydrogen-bond donors (Lipinski definition) is 0. The lowest BCUT2D eigenvalue weighted by Crippen LogP contribution is -1.97. The third-order valence-electron chi connectivity index (χ3n) is 2.54. The van der Waals surface area contributed by atoms with Crippen molar-refractivity contribution in [2.75, 3.05) is 0 Å². The van der Waals surface area contributed by atoms with Crippen molar-refractivity contribution in [2.45, 2.75) is 0 Å². The molecule has 2 rings (SSSR count). The summed E-state index contributed by atoms with van der Waals surface area (Å²) in [4.78, 5) is 0. The average Bonchev–Trinajstić information content (AvgIpc) is 2.54. The zero-order valence-electron chi connectivity index (χ0n) is 10.2. The maximum atomic E-state index is 14.6. The Hall–Kier alpha value is 1.94. The molecule has 0 aliphatic carbocycles. The molecule has 11 heteroatoms. The van der Waals surface area contributed by atoms with Crippen LogP contribution < -0.4 is 4.74 Å². The summed E-state index contributed by atoms with van der Waals surface area (Å²) in [6.45, 7) is 0. The molecule has 0 heterocycles. The van der Waals surface area contributed by atoms with E-state index in [0.717, 1.165) is 0 Å². The van der Waals surface area contributed by atoms with Gasteiger partial charge < -0.3 is 4.74 Å². The van der Waals surface area contributed by atoms with Crippen molar-refractivity contribution in [3.8, 4) is 11.5 Å².